The van der Waals surface area contributed by atoms with Gasteiger partial charge in [-0.2, -0.15) is 17.4 Å². The zero-order valence-corrected chi connectivity index (χ0v) is 10.8. The van der Waals surface area contributed by atoms with Gasteiger partial charge in [-0.05, 0) is 17.7 Å². The first kappa shape index (κ1) is 13.3. The van der Waals surface area contributed by atoms with E-state index >= 15 is 0 Å². The van der Waals surface area contributed by atoms with Crippen molar-refractivity contribution in [3.63, 3.8) is 0 Å². The molecule has 0 unspecified atom stereocenters. The van der Waals surface area contributed by atoms with Crippen LogP contribution in [0.5, 0.6) is 5.75 Å². The van der Waals surface area contributed by atoms with Gasteiger partial charge in [0.1, 0.15) is 5.75 Å². The van der Waals surface area contributed by atoms with Crippen molar-refractivity contribution in [3.8, 4) is 5.75 Å². The summed E-state index contributed by atoms with van der Waals surface area (Å²) in [5.41, 5.74) is 0.812. The Morgan fingerprint density at radius 2 is 1.83 bits per heavy atom. The van der Waals surface area contributed by atoms with Crippen molar-refractivity contribution in [2.24, 2.45) is 0 Å². The normalized spacial score (nSPS) is 17.8. The summed E-state index contributed by atoms with van der Waals surface area (Å²) >= 11 is 0. The number of phenolic OH excluding ortho intramolecular Hbond substituents is 1. The molecule has 0 aliphatic carbocycles. The summed E-state index contributed by atoms with van der Waals surface area (Å²) in [5, 5.41) is 12.2. The van der Waals surface area contributed by atoms with Crippen LogP contribution in [0.4, 0.5) is 0 Å². The first-order valence-corrected chi connectivity index (χ1v) is 7.25. The van der Waals surface area contributed by atoms with E-state index in [4.69, 9.17) is 5.11 Å². The van der Waals surface area contributed by atoms with Gasteiger partial charge in [0.05, 0.1) is 0 Å². The molecule has 1 aliphatic rings. The lowest BCUT2D eigenvalue weighted by Crippen LogP contribution is -2.50. The van der Waals surface area contributed by atoms with Crippen LogP contribution < -0.4 is 10.0 Å². The first-order chi connectivity index (χ1) is 8.58. The molecule has 1 aromatic carbocycles. The lowest BCUT2D eigenvalue weighted by Gasteiger charge is -2.26. The third-order valence-electron chi connectivity index (χ3n) is 2.81. The molecular formula is C11H17N3O3S. The van der Waals surface area contributed by atoms with Gasteiger partial charge in [0.25, 0.3) is 10.2 Å². The van der Waals surface area contributed by atoms with Crippen molar-refractivity contribution in [2.75, 3.05) is 26.2 Å². The largest absolute Gasteiger partial charge is 0.508 e. The highest BCUT2D eigenvalue weighted by Gasteiger charge is 2.22. The molecule has 0 spiro atoms. The van der Waals surface area contributed by atoms with E-state index in [0.717, 1.165) is 5.56 Å². The zero-order valence-electron chi connectivity index (χ0n) is 9.96. The molecule has 1 aliphatic heterocycles. The van der Waals surface area contributed by atoms with Gasteiger partial charge in [-0.25, -0.2) is 0 Å². The Morgan fingerprint density at radius 3 is 2.44 bits per heavy atom. The molecule has 0 bridgehead atoms. The van der Waals surface area contributed by atoms with Gasteiger partial charge in [-0.15, -0.1) is 0 Å². The van der Waals surface area contributed by atoms with E-state index in [2.05, 4.69) is 10.0 Å². The van der Waals surface area contributed by atoms with Crippen molar-refractivity contribution >= 4 is 10.2 Å². The maximum absolute atomic E-state index is 12.0. The maximum Gasteiger partial charge on any atom is 0.279 e. The number of aromatic hydroxyl groups is 1. The zero-order chi connectivity index (χ0) is 13.0. The van der Waals surface area contributed by atoms with Crippen LogP contribution in [0.25, 0.3) is 0 Å². The highest BCUT2D eigenvalue weighted by Crippen LogP contribution is 2.10. The minimum absolute atomic E-state index is 0.170. The number of hydrogen-bond acceptors (Lipinski definition) is 4. The Labute approximate surface area is 107 Å². The molecule has 2 rings (SSSR count). The molecule has 1 heterocycles. The number of phenols is 1. The Morgan fingerprint density at radius 1 is 1.22 bits per heavy atom. The summed E-state index contributed by atoms with van der Waals surface area (Å²) in [6, 6.07) is 6.45. The minimum Gasteiger partial charge on any atom is -0.508 e. The number of rotatable bonds is 4. The third kappa shape index (κ3) is 3.42. The number of nitrogens with one attached hydrogen (secondary N) is 2. The van der Waals surface area contributed by atoms with E-state index in [1.807, 2.05) is 0 Å². The fourth-order valence-corrected chi connectivity index (χ4v) is 2.96. The van der Waals surface area contributed by atoms with Crippen molar-refractivity contribution < 1.29 is 13.5 Å². The van der Waals surface area contributed by atoms with Gasteiger partial charge < -0.3 is 10.4 Å². The highest BCUT2D eigenvalue weighted by molar-refractivity contribution is 7.87. The van der Waals surface area contributed by atoms with E-state index in [1.54, 1.807) is 12.1 Å². The lowest BCUT2D eigenvalue weighted by atomic mass is 10.2. The Kier molecular flexibility index (Phi) is 4.18. The number of piperazine rings is 1. The Balaban J connectivity index is 1.94. The lowest BCUT2D eigenvalue weighted by molar-refractivity contribution is 0.354. The quantitative estimate of drug-likeness (QED) is 0.698. The van der Waals surface area contributed by atoms with Crippen LogP contribution in [-0.4, -0.2) is 44.0 Å². The summed E-state index contributed by atoms with van der Waals surface area (Å²) < 4.78 is 27.9. The van der Waals surface area contributed by atoms with E-state index in [0.29, 0.717) is 26.2 Å². The van der Waals surface area contributed by atoms with E-state index in [1.165, 1.54) is 16.4 Å². The second kappa shape index (κ2) is 5.66. The SMILES string of the molecule is O=S(=O)(NCc1ccc(O)cc1)N1CCNCC1. The van der Waals surface area contributed by atoms with Crippen LogP contribution in [0.15, 0.2) is 24.3 Å². The fraction of sp³-hybridized carbons (Fsp3) is 0.455. The summed E-state index contributed by atoms with van der Waals surface area (Å²) in [7, 11) is -3.41. The molecule has 0 radical (unpaired) electrons. The fourth-order valence-electron chi connectivity index (χ4n) is 1.76. The molecule has 1 aromatic rings. The Hall–Kier alpha value is -1.15. The van der Waals surface area contributed by atoms with Crippen LogP contribution in [0.3, 0.4) is 0 Å². The molecule has 1 saturated heterocycles. The Bertz CT molecular complexity index is 481. The molecule has 100 valence electrons. The van der Waals surface area contributed by atoms with Crippen LogP contribution in [0, 0.1) is 0 Å². The summed E-state index contributed by atoms with van der Waals surface area (Å²) in [4.78, 5) is 0. The molecule has 0 atom stereocenters. The third-order valence-corrected chi connectivity index (χ3v) is 4.37. The predicted octanol–water partition coefficient (Wildman–Crippen LogP) is -0.368. The molecule has 1 fully saturated rings. The first-order valence-electron chi connectivity index (χ1n) is 5.81. The van der Waals surface area contributed by atoms with Gasteiger partial charge in [0.15, 0.2) is 0 Å². The molecule has 18 heavy (non-hydrogen) atoms. The second-order valence-corrected chi connectivity index (χ2v) is 5.90. The van der Waals surface area contributed by atoms with E-state index < -0.39 is 10.2 Å². The van der Waals surface area contributed by atoms with Crippen molar-refractivity contribution in [2.45, 2.75) is 6.54 Å². The van der Waals surface area contributed by atoms with Crippen LogP contribution in [-0.2, 0) is 16.8 Å². The van der Waals surface area contributed by atoms with E-state index in [-0.39, 0.29) is 12.3 Å². The van der Waals surface area contributed by atoms with Crippen LogP contribution in [0.2, 0.25) is 0 Å². The minimum atomic E-state index is -3.41. The van der Waals surface area contributed by atoms with Gasteiger partial charge in [-0.1, -0.05) is 12.1 Å². The molecule has 0 amide bonds. The number of nitrogens with zero attached hydrogens (tertiary/aromatic N) is 1. The topological polar surface area (TPSA) is 81.7 Å². The average Bonchev–Trinajstić information content (AvgIpc) is 2.39. The molecule has 7 heteroatoms. The molecular weight excluding hydrogens is 254 g/mol. The van der Waals surface area contributed by atoms with Gasteiger partial charge in [0, 0.05) is 32.7 Å². The average molecular weight is 271 g/mol. The van der Waals surface area contributed by atoms with Crippen molar-refractivity contribution in [1.82, 2.24) is 14.3 Å². The summed E-state index contributed by atoms with van der Waals surface area (Å²) in [5.74, 6) is 0.170. The standard InChI is InChI=1S/C11H17N3O3S/c15-11-3-1-10(2-4-11)9-13-18(16,17)14-7-5-12-6-8-14/h1-4,12-13,15H,5-9H2. The van der Waals surface area contributed by atoms with Crippen molar-refractivity contribution in [3.05, 3.63) is 29.8 Å². The van der Waals surface area contributed by atoms with E-state index in [9.17, 15) is 8.42 Å². The predicted molar refractivity (Wildman–Crippen MR) is 68.3 cm³/mol. The summed E-state index contributed by atoms with van der Waals surface area (Å²) in [6.45, 7) is 2.57. The molecule has 6 nitrogen and oxygen atoms in total. The van der Waals surface area contributed by atoms with Gasteiger partial charge >= 0.3 is 0 Å². The molecule has 3 N–H and O–H groups in total. The smallest absolute Gasteiger partial charge is 0.279 e. The monoisotopic (exact) mass is 271 g/mol. The molecule has 0 aromatic heterocycles. The second-order valence-electron chi connectivity index (χ2n) is 4.14. The van der Waals surface area contributed by atoms with Crippen LogP contribution >= 0.6 is 0 Å². The van der Waals surface area contributed by atoms with Gasteiger partial charge in [0.2, 0.25) is 0 Å². The van der Waals surface area contributed by atoms with Crippen LogP contribution in [0.1, 0.15) is 5.56 Å². The number of hydrogen-bond donors (Lipinski definition) is 3. The van der Waals surface area contributed by atoms with Crippen molar-refractivity contribution in [1.29, 1.82) is 0 Å². The number of benzene rings is 1. The molecule has 0 saturated carbocycles. The maximum atomic E-state index is 12.0. The summed E-state index contributed by atoms with van der Waals surface area (Å²) in [6.07, 6.45) is 0. The highest BCUT2D eigenvalue weighted by atomic mass is 32.2. The van der Waals surface area contributed by atoms with Gasteiger partial charge in [-0.3, -0.25) is 0 Å².